The van der Waals surface area contributed by atoms with Gasteiger partial charge in [-0.15, -0.1) is 0 Å². The molecule has 1 aromatic rings. The fourth-order valence-corrected chi connectivity index (χ4v) is 1.68. The van der Waals surface area contributed by atoms with Crippen LogP contribution in [0.5, 0.6) is 0 Å². The van der Waals surface area contributed by atoms with Crippen molar-refractivity contribution >= 4 is 17.7 Å². The predicted octanol–water partition coefficient (Wildman–Crippen LogP) is 1.61. The molecule has 0 bridgehead atoms. The van der Waals surface area contributed by atoms with Crippen molar-refractivity contribution in [2.24, 2.45) is 0 Å². The molecule has 5 heteroatoms. The molecule has 0 saturated carbocycles. The van der Waals surface area contributed by atoms with Crippen LogP contribution in [0.1, 0.15) is 6.92 Å². The molecule has 0 spiro atoms. The van der Waals surface area contributed by atoms with Crippen LogP contribution >= 0.6 is 0 Å². The standard InChI is InChI=1S/C11H13N3O2/c1-8-12-10(15)13(2)11(16)14(8)9-6-4-3-5-7-9/h3-8H,1-2H3,(H,12,15). The number of hydrogen-bond donors (Lipinski definition) is 1. The lowest BCUT2D eigenvalue weighted by molar-refractivity contribution is 0.184. The Balaban J connectivity index is 2.34. The topological polar surface area (TPSA) is 52.7 Å². The van der Waals surface area contributed by atoms with E-state index in [4.69, 9.17) is 0 Å². The number of rotatable bonds is 1. The van der Waals surface area contributed by atoms with E-state index >= 15 is 0 Å². The lowest BCUT2D eigenvalue weighted by Gasteiger charge is -2.37. The van der Waals surface area contributed by atoms with Gasteiger partial charge in [-0.05, 0) is 19.1 Å². The van der Waals surface area contributed by atoms with Gasteiger partial charge in [0.1, 0.15) is 6.17 Å². The molecule has 0 aromatic heterocycles. The average Bonchev–Trinajstić information content (AvgIpc) is 2.28. The molecule has 1 atom stereocenters. The van der Waals surface area contributed by atoms with Crippen molar-refractivity contribution in [3.8, 4) is 0 Å². The summed E-state index contributed by atoms with van der Waals surface area (Å²) in [7, 11) is 1.46. The van der Waals surface area contributed by atoms with E-state index < -0.39 is 0 Å². The Kier molecular flexibility index (Phi) is 2.52. The van der Waals surface area contributed by atoms with Gasteiger partial charge in [0.05, 0.1) is 0 Å². The van der Waals surface area contributed by atoms with Gasteiger partial charge in [-0.3, -0.25) is 4.90 Å². The summed E-state index contributed by atoms with van der Waals surface area (Å²) in [4.78, 5) is 25.9. The molecule has 4 amide bonds. The van der Waals surface area contributed by atoms with Crippen molar-refractivity contribution in [2.75, 3.05) is 11.9 Å². The van der Waals surface area contributed by atoms with E-state index in [0.29, 0.717) is 0 Å². The van der Waals surface area contributed by atoms with Gasteiger partial charge in [0.2, 0.25) is 0 Å². The summed E-state index contributed by atoms with van der Waals surface area (Å²) >= 11 is 0. The molecule has 84 valence electrons. The molecule has 1 aliphatic rings. The number of imide groups is 1. The lowest BCUT2D eigenvalue weighted by Crippen LogP contribution is -2.63. The molecule has 1 aromatic carbocycles. The Morgan fingerprint density at radius 2 is 1.81 bits per heavy atom. The van der Waals surface area contributed by atoms with Crippen LogP contribution in [-0.4, -0.2) is 30.2 Å². The Hall–Kier alpha value is -2.04. The average molecular weight is 219 g/mol. The number of nitrogens with zero attached hydrogens (tertiary/aromatic N) is 2. The third-order valence-electron chi connectivity index (χ3n) is 2.55. The number of anilines is 1. The van der Waals surface area contributed by atoms with Crippen molar-refractivity contribution in [1.29, 1.82) is 0 Å². The quantitative estimate of drug-likeness (QED) is 0.780. The van der Waals surface area contributed by atoms with Crippen molar-refractivity contribution in [3.05, 3.63) is 30.3 Å². The zero-order valence-corrected chi connectivity index (χ0v) is 9.18. The van der Waals surface area contributed by atoms with Crippen molar-refractivity contribution in [3.63, 3.8) is 0 Å². The van der Waals surface area contributed by atoms with E-state index in [1.165, 1.54) is 7.05 Å². The number of nitrogens with one attached hydrogen (secondary N) is 1. The summed E-state index contributed by atoms with van der Waals surface area (Å²) < 4.78 is 0. The largest absolute Gasteiger partial charge is 0.334 e. The first kappa shape index (κ1) is 10.5. The Labute approximate surface area is 93.6 Å². The first-order chi connectivity index (χ1) is 7.61. The first-order valence-electron chi connectivity index (χ1n) is 5.03. The molecule has 2 rings (SSSR count). The first-order valence-corrected chi connectivity index (χ1v) is 5.03. The second kappa shape index (κ2) is 3.84. The van der Waals surface area contributed by atoms with E-state index in [9.17, 15) is 9.59 Å². The number of carbonyl (C=O) groups excluding carboxylic acids is 2. The zero-order chi connectivity index (χ0) is 11.7. The van der Waals surface area contributed by atoms with E-state index in [-0.39, 0.29) is 18.2 Å². The van der Waals surface area contributed by atoms with Gasteiger partial charge in [-0.2, -0.15) is 0 Å². The van der Waals surface area contributed by atoms with Crippen LogP contribution in [0.2, 0.25) is 0 Å². The number of benzene rings is 1. The predicted molar refractivity (Wildman–Crippen MR) is 60.1 cm³/mol. The second-order valence-electron chi connectivity index (χ2n) is 3.67. The number of urea groups is 2. The maximum Gasteiger partial charge on any atom is 0.334 e. The Morgan fingerprint density at radius 1 is 1.19 bits per heavy atom. The fraction of sp³-hybridized carbons (Fsp3) is 0.273. The smallest absolute Gasteiger partial charge is 0.317 e. The van der Waals surface area contributed by atoms with Gasteiger partial charge in [0, 0.05) is 12.7 Å². The van der Waals surface area contributed by atoms with E-state index in [2.05, 4.69) is 5.32 Å². The van der Waals surface area contributed by atoms with Crippen molar-refractivity contribution in [1.82, 2.24) is 10.2 Å². The van der Waals surface area contributed by atoms with Gasteiger partial charge in [-0.1, -0.05) is 18.2 Å². The maximum atomic E-state index is 11.9. The van der Waals surface area contributed by atoms with Crippen molar-refractivity contribution < 1.29 is 9.59 Å². The minimum Gasteiger partial charge on any atom is -0.317 e. The number of carbonyl (C=O) groups is 2. The molecule has 1 unspecified atom stereocenters. The highest BCUT2D eigenvalue weighted by atomic mass is 16.2. The maximum absolute atomic E-state index is 11.9. The molecule has 1 N–H and O–H groups in total. The van der Waals surface area contributed by atoms with Gasteiger partial charge < -0.3 is 5.32 Å². The minimum absolute atomic E-state index is 0.317. The second-order valence-corrected chi connectivity index (χ2v) is 3.67. The number of para-hydroxylation sites is 1. The summed E-state index contributed by atoms with van der Waals surface area (Å²) in [5, 5.41) is 2.70. The van der Waals surface area contributed by atoms with Gasteiger partial charge in [0.15, 0.2) is 0 Å². The van der Waals surface area contributed by atoms with Gasteiger partial charge in [-0.25, -0.2) is 14.5 Å². The van der Waals surface area contributed by atoms with Crippen LogP contribution < -0.4 is 10.2 Å². The van der Waals surface area contributed by atoms with Crippen LogP contribution in [0.25, 0.3) is 0 Å². The lowest BCUT2D eigenvalue weighted by atomic mass is 10.2. The summed E-state index contributed by atoms with van der Waals surface area (Å²) in [5.74, 6) is 0. The number of hydrogen-bond acceptors (Lipinski definition) is 2. The third kappa shape index (κ3) is 1.60. The SMILES string of the molecule is CC1NC(=O)N(C)C(=O)N1c1ccccc1. The molecular formula is C11H13N3O2. The highest BCUT2D eigenvalue weighted by molar-refractivity contribution is 6.05. The molecular weight excluding hydrogens is 206 g/mol. The molecule has 1 fully saturated rings. The number of amides is 4. The summed E-state index contributed by atoms with van der Waals surface area (Å²) in [6, 6.07) is 8.56. The normalized spacial score (nSPS) is 21.0. The third-order valence-corrected chi connectivity index (χ3v) is 2.55. The van der Waals surface area contributed by atoms with E-state index in [1.807, 2.05) is 30.3 Å². The molecule has 16 heavy (non-hydrogen) atoms. The van der Waals surface area contributed by atoms with Gasteiger partial charge >= 0.3 is 12.1 Å². The zero-order valence-electron chi connectivity index (χ0n) is 9.18. The van der Waals surface area contributed by atoms with Crippen LogP contribution in [-0.2, 0) is 0 Å². The van der Waals surface area contributed by atoms with E-state index in [0.717, 1.165) is 10.6 Å². The fourth-order valence-electron chi connectivity index (χ4n) is 1.68. The molecule has 1 saturated heterocycles. The summed E-state index contributed by atoms with van der Waals surface area (Å²) in [6.45, 7) is 1.77. The molecule has 0 aliphatic carbocycles. The monoisotopic (exact) mass is 219 g/mol. The summed E-state index contributed by atoms with van der Waals surface area (Å²) in [5.41, 5.74) is 0.770. The van der Waals surface area contributed by atoms with E-state index in [1.54, 1.807) is 11.8 Å². The van der Waals surface area contributed by atoms with Crippen LogP contribution in [0.4, 0.5) is 15.3 Å². The molecule has 0 radical (unpaired) electrons. The van der Waals surface area contributed by atoms with Crippen molar-refractivity contribution in [2.45, 2.75) is 13.1 Å². The summed E-state index contributed by atoms with van der Waals surface area (Å²) in [6.07, 6.45) is -0.335. The Morgan fingerprint density at radius 3 is 2.44 bits per heavy atom. The molecule has 5 nitrogen and oxygen atoms in total. The minimum atomic E-state index is -0.371. The highest BCUT2D eigenvalue weighted by Gasteiger charge is 2.34. The Bertz CT molecular complexity index is 418. The van der Waals surface area contributed by atoms with Crippen LogP contribution in [0, 0.1) is 0 Å². The van der Waals surface area contributed by atoms with Crippen LogP contribution in [0.15, 0.2) is 30.3 Å². The molecule has 1 heterocycles. The highest BCUT2D eigenvalue weighted by Crippen LogP contribution is 2.19. The van der Waals surface area contributed by atoms with Gasteiger partial charge in [0.25, 0.3) is 0 Å². The van der Waals surface area contributed by atoms with Crippen LogP contribution in [0.3, 0.4) is 0 Å². The molecule has 1 aliphatic heterocycles.